The van der Waals surface area contributed by atoms with Gasteiger partial charge in [-0.15, -0.1) is 0 Å². The number of hydrogen-bond acceptors (Lipinski definition) is 3. The van der Waals surface area contributed by atoms with E-state index < -0.39 is 24.4 Å². The molecule has 3 rings (SSSR count). The molecule has 2 aliphatic rings. The summed E-state index contributed by atoms with van der Waals surface area (Å²) in [4.78, 5) is 25.8. The summed E-state index contributed by atoms with van der Waals surface area (Å²) in [5.74, 6) is -0.209. The first-order valence-electron chi connectivity index (χ1n) is 7.72. The van der Waals surface area contributed by atoms with Gasteiger partial charge in [0, 0.05) is 0 Å². The maximum Gasteiger partial charge on any atom is 0.422 e. The summed E-state index contributed by atoms with van der Waals surface area (Å²) in [6.45, 7) is -1.38. The van der Waals surface area contributed by atoms with Crippen LogP contribution in [0.5, 0.6) is 5.75 Å². The summed E-state index contributed by atoms with van der Waals surface area (Å²) in [6.07, 6.45) is -1.39. The Morgan fingerprint density at radius 1 is 1.21 bits per heavy atom. The Labute approximate surface area is 136 Å². The zero-order chi connectivity index (χ0) is 17.4. The maximum absolute atomic E-state index is 12.5. The fraction of sp³-hybridized carbons (Fsp3) is 0.500. The Kier molecular flexibility index (Phi) is 4.15. The highest BCUT2D eigenvalue weighted by molar-refractivity contribution is 6.07. The Morgan fingerprint density at radius 3 is 2.58 bits per heavy atom. The van der Waals surface area contributed by atoms with Gasteiger partial charge in [0.2, 0.25) is 0 Å². The van der Waals surface area contributed by atoms with Crippen LogP contribution in [0.15, 0.2) is 24.3 Å². The summed E-state index contributed by atoms with van der Waals surface area (Å²) in [5.41, 5.74) is -0.255. The van der Waals surface area contributed by atoms with Crippen molar-refractivity contribution in [3.05, 3.63) is 29.8 Å². The quantitative estimate of drug-likeness (QED) is 0.856. The molecule has 1 N–H and O–H groups in total. The van der Waals surface area contributed by atoms with E-state index in [4.69, 9.17) is 4.74 Å². The van der Waals surface area contributed by atoms with Gasteiger partial charge in [-0.05, 0) is 30.5 Å². The SMILES string of the molecule is O=C1NC2(CCCC2)C(=O)N1Cc1cccc(OCC(F)(F)F)c1. The largest absolute Gasteiger partial charge is 0.484 e. The molecule has 1 aliphatic carbocycles. The van der Waals surface area contributed by atoms with E-state index in [0.717, 1.165) is 17.7 Å². The highest BCUT2D eigenvalue weighted by atomic mass is 19.4. The molecule has 1 heterocycles. The molecule has 1 aromatic rings. The topological polar surface area (TPSA) is 58.6 Å². The van der Waals surface area contributed by atoms with Crippen molar-refractivity contribution in [1.29, 1.82) is 0 Å². The van der Waals surface area contributed by atoms with Crippen LogP contribution in [-0.2, 0) is 11.3 Å². The minimum absolute atomic E-state index is 0.00956. The molecule has 1 saturated heterocycles. The van der Waals surface area contributed by atoms with E-state index in [1.165, 1.54) is 18.2 Å². The van der Waals surface area contributed by atoms with E-state index in [0.29, 0.717) is 18.4 Å². The molecule has 1 aromatic carbocycles. The fourth-order valence-electron chi connectivity index (χ4n) is 3.22. The number of ether oxygens (including phenoxy) is 1. The molecule has 0 radical (unpaired) electrons. The number of imide groups is 1. The van der Waals surface area contributed by atoms with Crippen LogP contribution in [-0.4, -0.2) is 35.2 Å². The van der Waals surface area contributed by atoms with Gasteiger partial charge in [-0.2, -0.15) is 13.2 Å². The van der Waals surface area contributed by atoms with Crippen molar-refractivity contribution in [1.82, 2.24) is 10.2 Å². The molecule has 8 heteroatoms. The molecular weight excluding hydrogens is 325 g/mol. The molecule has 0 unspecified atom stereocenters. The second-order valence-electron chi connectivity index (χ2n) is 6.16. The standard InChI is InChI=1S/C16H17F3N2O3/c17-16(18,19)10-24-12-5-3-4-11(8-12)9-21-13(22)15(20-14(21)23)6-1-2-7-15/h3-5,8H,1-2,6-7,9-10H2,(H,20,23). The van der Waals surface area contributed by atoms with Crippen LogP contribution in [0.25, 0.3) is 0 Å². The molecule has 1 spiro atoms. The van der Waals surface area contributed by atoms with Crippen molar-refractivity contribution >= 4 is 11.9 Å². The Bertz CT molecular complexity index is 654. The van der Waals surface area contributed by atoms with Gasteiger partial charge in [0.25, 0.3) is 5.91 Å². The maximum atomic E-state index is 12.5. The monoisotopic (exact) mass is 342 g/mol. The van der Waals surface area contributed by atoms with Crippen LogP contribution in [0.2, 0.25) is 0 Å². The van der Waals surface area contributed by atoms with Crippen molar-refractivity contribution in [3.8, 4) is 5.75 Å². The number of alkyl halides is 3. The Morgan fingerprint density at radius 2 is 1.92 bits per heavy atom. The molecule has 3 amide bonds. The van der Waals surface area contributed by atoms with Gasteiger partial charge in [0.15, 0.2) is 6.61 Å². The van der Waals surface area contributed by atoms with Gasteiger partial charge in [-0.1, -0.05) is 25.0 Å². The van der Waals surface area contributed by atoms with Crippen LogP contribution in [0.1, 0.15) is 31.2 Å². The van der Waals surface area contributed by atoms with Crippen LogP contribution in [0.3, 0.4) is 0 Å². The molecule has 0 bridgehead atoms. The molecule has 130 valence electrons. The highest BCUT2D eigenvalue weighted by Crippen LogP contribution is 2.35. The van der Waals surface area contributed by atoms with Gasteiger partial charge in [-0.25, -0.2) is 4.79 Å². The summed E-state index contributed by atoms with van der Waals surface area (Å²) in [7, 11) is 0. The highest BCUT2D eigenvalue weighted by Gasteiger charge is 2.52. The number of halogens is 3. The minimum Gasteiger partial charge on any atom is -0.484 e. The third-order valence-corrected chi connectivity index (χ3v) is 4.34. The van der Waals surface area contributed by atoms with E-state index >= 15 is 0 Å². The van der Waals surface area contributed by atoms with Gasteiger partial charge >= 0.3 is 12.2 Å². The molecule has 1 saturated carbocycles. The second-order valence-corrected chi connectivity index (χ2v) is 6.16. The number of nitrogens with one attached hydrogen (secondary N) is 1. The lowest BCUT2D eigenvalue weighted by molar-refractivity contribution is -0.153. The summed E-state index contributed by atoms with van der Waals surface area (Å²) >= 11 is 0. The first kappa shape index (κ1) is 16.6. The second kappa shape index (κ2) is 5.99. The zero-order valence-electron chi connectivity index (χ0n) is 12.9. The van der Waals surface area contributed by atoms with Crippen molar-refractivity contribution in [3.63, 3.8) is 0 Å². The van der Waals surface area contributed by atoms with E-state index in [1.807, 2.05) is 0 Å². The number of nitrogens with zero attached hydrogens (tertiary/aromatic N) is 1. The number of hydrogen-bond donors (Lipinski definition) is 1. The van der Waals surface area contributed by atoms with Crippen LogP contribution in [0.4, 0.5) is 18.0 Å². The van der Waals surface area contributed by atoms with Gasteiger partial charge < -0.3 is 10.1 Å². The van der Waals surface area contributed by atoms with Crippen LogP contribution < -0.4 is 10.1 Å². The lowest BCUT2D eigenvalue weighted by Crippen LogP contribution is -2.44. The van der Waals surface area contributed by atoms with Gasteiger partial charge in [-0.3, -0.25) is 9.69 Å². The lowest BCUT2D eigenvalue weighted by Gasteiger charge is -2.20. The minimum atomic E-state index is -4.42. The van der Waals surface area contributed by atoms with E-state index in [-0.39, 0.29) is 18.2 Å². The average Bonchev–Trinajstić information content (AvgIpc) is 3.07. The average molecular weight is 342 g/mol. The zero-order valence-corrected chi connectivity index (χ0v) is 12.9. The van der Waals surface area contributed by atoms with E-state index in [9.17, 15) is 22.8 Å². The van der Waals surface area contributed by atoms with Crippen molar-refractivity contribution < 1.29 is 27.5 Å². The molecule has 0 aromatic heterocycles. The first-order chi connectivity index (χ1) is 11.3. The number of amides is 3. The van der Waals surface area contributed by atoms with E-state index in [1.54, 1.807) is 6.07 Å². The Balaban J connectivity index is 1.70. The third kappa shape index (κ3) is 3.32. The van der Waals surface area contributed by atoms with Gasteiger partial charge in [0.1, 0.15) is 11.3 Å². The van der Waals surface area contributed by atoms with Crippen LogP contribution >= 0.6 is 0 Å². The predicted molar refractivity (Wildman–Crippen MR) is 78.3 cm³/mol. The van der Waals surface area contributed by atoms with Crippen molar-refractivity contribution in [2.24, 2.45) is 0 Å². The summed E-state index contributed by atoms with van der Waals surface area (Å²) in [6, 6.07) is 5.53. The lowest BCUT2D eigenvalue weighted by atomic mass is 9.98. The molecule has 0 atom stereocenters. The number of rotatable bonds is 4. The number of carbonyl (C=O) groups excluding carboxylic acids is 2. The van der Waals surface area contributed by atoms with Gasteiger partial charge in [0.05, 0.1) is 6.54 Å². The van der Waals surface area contributed by atoms with E-state index in [2.05, 4.69) is 5.32 Å². The third-order valence-electron chi connectivity index (χ3n) is 4.34. The number of benzene rings is 1. The summed E-state index contributed by atoms with van der Waals surface area (Å²) in [5, 5.41) is 2.77. The van der Waals surface area contributed by atoms with Crippen molar-refractivity contribution in [2.75, 3.05) is 6.61 Å². The predicted octanol–water partition coefficient (Wildman–Crippen LogP) is 2.99. The summed E-state index contributed by atoms with van der Waals surface area (Å²) < 4.78 is 41.3. The molecule has 5 nitrogen and oxygen atoms in total. The number of urea groups is 1. The Hall–Kier alpha value is -2.25. The fourth-order valence-corrected chi connectivity index (χ4v) is 3.22. The molecule has 1 aliphatic heterocycles. The molecular formula is C16H17F3N2O3. The van der Waals surface area contributed by atoms with Crippen LogP contribution in [0, 0.1) is 0 Å². The normalized spacial score (nSPS) is 19.9. The first-order valence-corrected chi connectivity index (χ1v) is 7.72. The van der Waals surface area contributed by atoms with Crippen molar-refractivity contribution in [2.45, 2.75) is 43.9 Å². The number of carbonyl (C=O) groups is 2. The smallest absolute Gasteiger partial charge is 0.422 e. The molecule has 24 heavy (non-hydrogen) atoms. The molecule has 2 fully saturated rings.